The summed E-state index contributed by atoms with van der Waals surface area (Å²) < 4.78 is 26.6. The van der Waals surface area contributed by atoms with Gasteiger partial charge in [-0.3, -0.25) is 4.79 Å². The fourth-order valence-electron chi connectivity index (χ4n) is 1.91. The molecule has 0 atom stereocenters. The third kappa shape index (κ3) is 3.20. The molecule has 0 aliphatic carbocycles. The SMILES string of the molecule is CN(C)c1cccc(C(=O)Cc2cc(F)ccc2F)c1. The van der Waals surface area contributed by atoms with Gasteiger partial charge in [0.1, 0.15) is 11.6 Å². The molecule has 0 fully saturated rings. The molecule has 0 spiro atoms. The number of benzene rings is 2. The first kappa shape index (κ1) is 14.2. The summed E-state index contributed by atoms with van der Waals surface area (Å²) in [5.41, 5.74) is 1.45. The molecule has 0 aromatic heterocycles. The van der Waals surface area contributed by atoms with Gasteiger partial charge < -0.3 is 4.90 Å². The van der Waals surface area contributed by atoms with E-state index in [1.54, 1.807) is 18.2 Å². The first-order chi connectivity index (χ1) is 9.47. The van der Waals surface area contributed by atoms with Crippen molar-refractivity contribution in [3.05, 3.63) is 65.2 Å². The van der Waals surface area contributed by atoms with E-state index in [1.165, 1.54) is 0 Å². The molecule has 0 aliphatic rings. The van der Waals surface area contributed by atoms with Gasteiger partial charge >= 0.3 is 0 Å². The molecule has 2 rings (SSSR count). The number of carbonyl (C=O) groups excluding carboxylic acids is 1. The Morgan fingerprint density at radius 2 is 1.85 bits per heavy atom. The highest BCUT2D eigenvalue weighted by Gasteiger charge is 2.12. The zero-order valence-corrected chi connectivity index (χ0v) is 11.4. The number of carbonyl (C=O) groups is 1. The molecule has 0 unspecified atom stereocenters. The predicted octanol–water partition coefficient (Wildman–Crippen LogP) is 3.46. The van der Waals surface area contributed by atoms with Gasteiger partial charge in [0.25, 0.3) is 0 Å². The highest BCUT2D eigenvalue weighted by Crippen LogP contribution is 2.17. The van der Waals surface area contributed by atoms with Crippen LogP contribution in [0.4, 0.5) is 14.5 Å². The van der Waals surface area contributed by atoms with E-state index in [2.05, 4.69) is 0 Å². The molecule has 0 saturated heterocycles. The van der Waals surface area contributed by atoms with Crippen LogP contribution < -0.4 is 4.90 Å². The largest absolute Gasteiger partial charge is 0.378 e. The zero-order valence-electron chi connectivity index (χ0n) is 11.4. The van der Waals surface area contributed by atoms with Crippen molar-refractivity contribution in [2.24, 2.45) is 0 Å². The second-order valence-electron chi connectivity index (χ2n) is 4.78. The fraction of sp³-hybridized carbons (Fsp3) is 0.188. The number of nitrogens with zero attached hydrogens (tertiary/aromatic N) is 1. The lowest BCUT2D eigenvalue weighted by Crippen LogP contribution is -2.11. The van der Waals surface area contributed by atoms with Gasteiger partial charge in [0.2, 0.25) is 0 Å². The maximum atomic E-state index is 13.5. The first-order valence-corrected chi connectivity index (χ1v) is 6.22. The average molecular weight is 275 g/mol. The molecule has 0 amide bonds. The smallest absolute Gasteiger partial charge is 0.167 e. The Morgan fingerprint density at radius 3 is 2.55 bits per heavy atom. The van der Waals surface area contributed by atoms with Crippen LogP contribution in [-0.4, -0.2) is 19.9 Å². The van der Waals surface area contributed by atoms with Crippen molar-refractivity contribution in [3.63, 3.8) is 0 Å². The van der Waals surface area contributed by atoms with Crippen LogP contribution in [0, 0.1) is 11.6 Å². The number of Topliss-reactive ketones (excluding diaryl/α,β-unsaturated/α-hetero) is 1. The number of halogens is 2. The van der Waals surface area contributed by atoms with Crippen molar-refractivity contribution in [2.45, 2.75) is 6.42 Å². The third-order valence-corrected chi connectivity index (χ3v) is 3.04. The Bertz CT molecular complexity index is 638. The second-order valence-corrected chi connectivity index (χ2v) is 4.78. The third-order valence-electron chi connectivity index (χ3n) is 3.04. The van der Waals surface area contributed by atoms with Gasteiger partial charge in [-0.15, -0.1) is 0 Å². The van der Waals surface area contributed by atoms with Crippen LogP contribution in [0.2, 0.25) is 0 Å². The molecular weight excluding hydrogens is 260 g/mol. The van der Waals surface area contributed by atoms with Crippen molar-refractivity contribution in [2.75, 3.05) is 19.0 Å². The summed E-state index contributed by atoms with van der Waals surface area (Å²) >= 11 is 0. The van der Waals surface area contributed by atoms with Crippen LogP contribution in [0.1, 0.15) is 15.9 Å². The molecule has 2 aromatic carbocycles. The van der Waals surface area contributed by atoms with E-state index < -0.39 is 11.6 Å². The van der Waals surface area contributed by atoms with E-state index in [9.17, 15) is 13.6 Å². The molecule has 0 bridgehead atoms. The lowest BCUT2D eigenvalue weighted by Gasteiger charge is -2.13. The minimum atomic E-state index is -0.566. The van der Waals surface area contributed by atoms with E-state index in [0.29, 0.717) is 5.56 Å². The lowest BCUT2D eigenvalue weighted by atomic mass is 10.0. The van der Waals surface area contributed by atoms with Gasteiger partial charge in [-0.2, -0.15) is 0 Å². The van der Waals surface area contributed by atoms with Crippen LogP contribution >= 0.6 is 0 Å². The average Bonchev–Trinajstić information content (AvgIpc) is 2.43. The van der Waals surface area contributed by atoms with Crippen LogP contribution in [0.5, 0.6) is 0 Å². The summed E-state index contributed by atoms with van der Waals surface area (Å²) in [4.78, 5) is 14.0. The second kappa shape index (κ2) is 5.82. The Kier molecular flexibility index (Phi) is 4.13. The van der Waals surface area contributed by atoms with Gasteiger partial charge in [-0.1, -0.05) is 12.1 Å². The summed E-state index contributed by atoms with van der Waals surface area (Å²) in [5.74, 6) is -1.35. The maximum Gasteiger partial charge on any atom is 0.167 e. The Hall–Kier alpha value is -2.23. The Balaban J connectivity index is 2.24. The van der Waals surface area contributed by atoms with Crippen LogP contribution in [0.25, 0.3) is 0 Å². The first-order valence-electron chi connectivity index (χ1n) is 6.22. The van der Waals surface area contributed by atoms with Gasteiger partial charge in [0, 0.05) is 31.8 Å². The topological polar surface area (TPSA) is 20.3 Å². The van der Waals surface area contributed by atoms with Crippen LogP contribution in [-0.2, 0) is 6.42 Å². The van der Waals surface area contributed by atoms with Crippen LogP contribution in [0.15, 0.2) is 42.5 Å². The van der Waals surface area contributed by atoms with Crippen molar-refractivity contribution in [1.82, 2.24) is 0 Å². The molecule has 2 nitrogen and oxygen atoms in total. The van der Waals surface area contributed by atoms with Crippen LogP contribution in [0.3, 0.4) is 0 Å². The monoisotopic (exact) mass is 275 g/mol. The van der Waals surface area contributed by atoms with E-state index in [1.807, 2.05) is 25.1 Å². The molecule has 20 heavy (non-hydrogen) atoms. The molecule has 0 radical (unpaired) electrons. The van der Waals surface area contributed by atoms with Crippen molar-refractivity contribution >= 4 is 11.5 Å². The van der Waals surface area contributed by atoms with E-state index in [4.69, 9.17) is 0 Å². The molecule has 104 valence electrons. The molecule has 0 aliphatic heterocycles. The summed E-state index contributed by atoms with van der Waals surface area (Å²) in [6.45, 7) is 0. The minimum Gasteiger partial charge on any atom is -0.378 e. The van der Waals surface area contributed by atoms with Gasteiger partial charge in [-0.05, 0) is 35.9 Å². The molecule has 4 heteroatoms. The molecule has 0 saturated carbocycles. The van der Waals surface area contributed by atoms with Gasteiger partial charge in [-0.25, -0.2) is 8.78 Å². The number of rotatable bonds is 4. The van der Waals surface area contributed by atoms with E-state index in [-0.39, 0.29) is 17.8 Å². The highest BCUT2D eigenvalue weighted by atomic mass is 19.1. The lowest BCUT2D eigenvalue weighted by molar-refractivity contribution is 0.0992. The molecular formula is C16H15F2NO. The van der Waals surface area contributed by atoms with Gasteiger partial charge in [0.15, 0.2) is 5.78 Å². The summed E-state index contributed by atoms with van der Waals surface area (Å²) in [6.07, 6.45) is -0.152. The fourth-order valence-corrected chi connectivity index (χ4v) is 1.91. The highest BCUT2D eigenvalue weighted by molar-refractivity contribution is 5.98. The van der Waals surface area contributed by atoms with Crippen molar-refractivity contribution in [3.8, 4) is 0 Å². The minimum absolute atomic E-state index is 0.0743. The number of anilines is 1. The molecule has 2 aromatic rings. The molecule has 0 heterocycles. The van der Waals surface area contributed by atoms with Crippen molar-refractivity contribution < 1.29 is 13.6 Å². The Labute approximate surface area is 116 Å². The maximum absolute atomic E-state index is 13.5. The zero-order chi connectivity index (χ0) is 14.7. The van der Waals surface area contributed by atoms with E-state index >= 15 is 0 Å². The summed E-state index contributed by atoms with van der Waals surface area (Å²) in [6, 6.07) is 10.2. The number of ketones is 1. The predicted molar refractivity (Wildman–Crippen MR) is 75.2 cm³/mol. The molecule has 0 N–H and O–H groups in total. The summed E-state index contributed by atoms with van der Waals surface area (Å²) in [5, 5.41) is 0. The number of hydrogen-bond acceptors (Lipinski definition) is 2. The normalized spacial score (nSPS) is 10.4. The standard InChI is InChI=1S/C16H15F2NO/c1-19(2)14-5-3-4-11(9-14)16(20)10-12-8-13(17)6-7-15(12)18/h3-9H,10H2,1-2H3. The van der Waals surface area contributed by atoms with Gasteiger partial charge in [0.05, 0.1) is 0 Å². The van der Waals surface area contributed by atoms with Crippen molar-refractivity contribution in [1.29, 1.82) is 0 Å². The number of hydrogen-bond donors (Lipinski definition) is 0. The van der Waals surface area contributed by atoms with E-state index in [0.717, 1.165) is 23.9 Å². The Morgan fingerprint density at radius 1 is 1.10 bits per heavy atom. The quantitative estimate of drug-likeness (QED) is 0.796. The summed E-state index contributed by atoms with van der Waals surface area (Å²) in [7, 11) is 3.74.